The van der Waals surface area contributed by atoms with Gasteiger partial charge in [0.2, 0.25) is 0 Å². The molecule has 1 aromatic heterocycles. The molecule has 0 unspecified atom stereocenters. The fourth-order valence-electron chi connectivity index (χ4n) is 6.87. The quantitative estimate of drug-likeness (QED) is 0.172. The summed E-state index contributed by atoms with van der Waals surface area (Å²) in [5.41, 5.74) is 6.24. The van der Waals surface area contributed by atoms with Crippen molar-refractivity contribution in [2.24, 2.45) is 0 Å². The Morgan fingerprint density at radius 1 is 0.786 bits per heavy atom. The molecular formula is C37H43Cl2N3. The number of benzene rings is 3. The summed E-state index contributed by atoms with van der Waals surface area (Å²) < 4.78 is 0. The minimum atomic E-state index is -0.379. The number of likely N-dealkylation sites (N-methyl/N-ethyl adjacent to an activating group) is 1. The Kier molecular flexibility index (Phi) is 10.1. The third kappa shape index (κ3) is 6.60. The van der Waals surface area contributed by atoms with Crippen molar-refractivity contribution in [3.8, 4) is 0 Å². The highest BCUT2D eigenvalue weighted by molar-refractivity contribution is 6.30. The molecule has 42 heavy (non-hydrogen) atoms. The lowest BCUT2D eigenvalue weighted by Gasteiger charge is -2.46. The maximum Gasteiger partial charge on any atom is 0.0478 e. The normalized spacial score (nSPS) is 15.7. The van der Waals surface area contributed by atoms with Gasteiger partial charge in [0.05, 0.1) is 0 Å². The maximum atomic E-state index is 6.37. The second-order valence-corrected chi connectivity index (χ2v) is 12.7. The number of aryl methyl sites for hydroxylation is 1. The van der Waals surface area contributed by atoms with Crippen LogP contribution in [0.2, 0.25) is 10.0 Å². The molecule has 3 nitrogen and oxygen atoms in total. The molecule has 1 saturated heterocycles. The SMILES string of the molecule is CCN(CC)CC1(c2ccc(C)cc2)CCN(CCC(c2ccc(Cl)cc2)(c2ccc(Cl)cc2)c2cccnc2)CC1. The standard InChI is InChI=1S/C37H43Cl2N3/c1-4-41(5-2)28-36(30-10-8-29(3)9-11-30)20-24-42(25-21-36)26-22-37(33-7-6-23-40-27-33,31-12-16-34(38)17-13-31)32-14-18-35(39)19-15-32/h6-19,23,27H,4-5,20-22,24-26,28H2,1-3H3. The number of likely N-dealkylation sites (tertiary alicyclic amines) is 1. The molecule has 1 fully saturated rings. The highest BCUT2D eigenvalue weighted by Gasteiger charge is 2.40. The third-order valence-electron chi connectivity index (χ3n) is 9.53. The lowest BCUT2D eigenvalue weighted by atomic mass is 9.67. The van der Waals surface area contributed by atoms with E-state index in [0.717, 1.165) is 68.6 Å². The first-order chi connectivity index (χ1) is 20.4. The zero-order chi connectivity index (χ0) is 29.6. The van der Waals surface area contributed by atoms with E-state index in [2.05, 4.69) is 90.2 Å². The van der Waals surface area contributed by atoms with E-state index in [1.165, 1.54) is 27.8 Å². The summed E-state index contributed by atoms with van der Waals surface area (Å²) >= 11 is 12.7. The second-order valence-electron chi connectivity index (χ2n) is 11.9. The van der Waals surface area contributed by atoms with Gasteiger partial charge < -0.3 is 9.80 Å². The van der Waals surface area contributed by atoms with Gasteiger partial charge >= 0.3 is 0 Å². The highest BCUT2D eigenvalue weighted by Crippen LogP contribution is 2.44. The van der Waals surface area contributed by atoms with Crippen molar-refractivity contribution < 1.29 is 0 Å². The van der Waals surface area contributed by atoms with Gasteiger partial charge in [0.25, 0.3) is 0 Å². The average Bonchev–Trinajstić information content (AvgIpc) is 3.03. The van der Waals surface area contributed by atoms with E-state index in [9.17, 15) is 0 Å². The van der Waals surface area contributed by atoms with E-state index >= 15 is 0 Å². The number of rotatable bonds is 11. The number of hydrogen-bond donors (Lipinski definition) is 0. The van der Waals surface area contributed by atoms with Crippen molar-refractivity contribution >= 4 is 23.2 Å². The summed E-state index contributed by atoms with van der Waals surface area (Å²) in [6, 6.07) is 30.3. The van der Waals surface area contributed by atoms with Gasteiger partial charge in [-0.25, -0.2) is 0 Å². The molecule has 0 aliphatic carbocycles. The first-order valence-corrected chi connectivity index (χ1v) is 16.1. The van der Waals surface area contributed by atoms with Gasteiger partial charge in [-0.15, -0.1) is 0 Å². The van der Waals surface area contributed by atoms with Crippen LogP contribution in [-0.4, -0.2) is 54.1 Å². The number of hydrogen-bond acceptors (Lipinski definition) is 3. The van der Waals surface area contributed by atoms with Crippen LogP contribution in [0.3, 0.4) is 0 Å². The van der Waals surface area contributed by atoms with Gasteiger partial charge in [-0.1, -0.05) is 97.2 Å². The molecule has 0 amide bonds. The first-order valence-electron chi connectivity index (χ1n) is 15.3. The zero-order valence-corrected chi connectivity index (χ0v) is 26.7. The molecule has 0 saturated carbocycles. The van der Waals surface area contributed by atoms with Gasteiger partial charge in [0, 0.05) is 39.8 Å². The average molecular weight is 601 g/mol. The Morgan fingerprint density at radius 2 is 1.36 bits per heavy atom. The minimum Gasteiger partial charge on any atom is -0.303 e. The molecule has 5 rings (SSSR count). The number of aromatic nitrogens is 1. The van der Waals surface area contributed by atoms with E-state index < -0.39 is 0 Å². The van der Waals surface area contributed by atoms with Crippen LogP contribution in [0.25, 0.3) is 0 Å². The summed E-state index contributed by atoms with van der Waals surface area (Å²) in [6.07, 6.45) is 7.12. The summed E-state index contributed by atoms with van der Waals surface area (Å²) in [5, 5.41) is 1.48. The Labute approximate surface area is 262 Å². The molecule has 3 aromatic carbocycles. The van der Waals surface area contributed by atoms with Crippen molar-refractivity contribution in [2.75, 3.05) is 39.3 Å². The number of halogens is 2. The molecule has 5 heteroatoms. The molecule has 0 radical (unpaired) electrons. The van der Waals surface area contributed by atoms with Crippen LogP contribution in [0.15, 0.2) is 97.3 Å². The Balaban J connectivity index is 1.45. The van der Waals surface area contributed by atoms with Crippen LogP contribution in [0.1, 0.15) is 60.9 Å². The fourth-order valence-corrected chi connectivity index (χ4v) is 7.12. The summed E-state index contributed by atoms with van der Waals surface area (Å²) in [6.45, 7) is 13.2. The van der Waals surface area contributed by atoms with E-state index in [1.54, 1.807) is 0 Å². The summed E-state index contributed by atoms with van der Waals surface area (Å²) in [5.74, 6) is 0. The Morgan fingerprint density at radius 3 is 1.86 bits per heavy atom. The molecule has 1 aliphatic heterocycles. The van der Waals surface area contributed by atoms with Crippen molar-refractivity contribution in [1.82, 2.24) is 14.8 Å². The molecular weight excluding hydrogens is 557 g/mol. The fraction of sp³-hybridized carbons (Fsp3) is 0.378. The van der Waals surface area contributed by atoms with Crippen molar-refractivity contribution in [3.05, 3.63) is 135 Å². The Hall–Kier alpha value is -2.69. The van der Waals surface area contributed by atoms with Crippen molar-refractivity contribution in [2.45, 2.75) is 50.9 Å². The minimum absolute atomic E-state index is 0.184. The highest BCUT2D eigenvalue weighted by atomic mass is 35.5. The maximum absolute atomic E-state index is 6.37. The first kappa shape index (κ1) is 30.8. The van der Waals surface area contributed by atoms with Crippen molar-refractivity contribution in [1.29, 1.82) is 0 Å². The van der Waals surface area contributed by atoms with Crippen molar-refractivity contribution in [3.63, 3.8) is 0 Å². The largest absolute Gasteiger partial charge is 0.303 e. The molecule has 0 atom stereocenters. The second kappa shape index (κ2) is 13.7. The molecule has 2 heterocycles. The topological polar surface area (TPSA) is 19.4 Å². The van der Waals surface area contributed by atoms with Crippen LogP contribution >= 0.6 is 23.2 Å². The molecule has 4 aromatic rings. The lowest BCUT2D eigenvalue weighted by molar-refractivity contribution is 0.116. The molecule has 0 spiro atoms. The molecule has 0 N–H and O–H groups in total. The molecule has 1 aliphatic rings. The van der Waals surface area contributed by atoms with E-state index in [4.69, 9.17) is 23.2 Å². The number of piperidine rings is 1. The van der Waals surface area contributed by atoms with Crippen LogP contribution in [0, 0.1) is 6.92 Å². The molecule has 220 valence electrons. The monoisotopic (exact) mass is 599 g/mol. The van der Waals surface area contributed by atoms with Crippen LogP contribution in [-0.2, 0) is 10.8 Å². The van der Waals surface area contributed by atoms with E-state index in [-0.39, 0.29) is 10.8 Å². The van der Waals surface area contributed by atoms with Gasteiger partial charge in [0.15, 0.2) is 0 Å². The summed E-state index contributed by atoms with van der Waals surface area (Å²) in [7, 11) is 0. The lowest BCUT2D eigenvalue weighted by Crippen LogP contribution is -2.49. The number of pyridine rings is 1. The van der Waals surface area contributed by atoms with Crippen LogP contribution < -0.4 is 0 Å². The van der Waals surface area contributed by atoms with E-state index in [1.807, 2.05) is 42.7 Å². The number of nitrogens with zero attached hydrogens (tertiary/aromatic N) is 3. The summed E-state index contributed by atoms with van der Waals surface area (Å²) in [4.78, 5) is 9.84. The predicted molar refractivity (Wildman–Crippen MR) is 178 cm³/mol. The Bertz CT molecular complexity index is 1350. The van der Waals surface area contributed by atoms with Crippen LogP contribution in [0.5, 0.6) is 0 Å². The third-order valence-corrected chi connectivity index (χ3v) is 10.0. The molecule has 0 bridgehead atoms. The smallest absolute Gasteiger partial charge is 0.0478 e. The van der Waals surface area contributed by atoms with Crippen LogP contribution in [0.4, 0.5) is 0 Å². The van der Waals surface area contributed by atoms with Gasteiger partial charge in [-0.2, -0.15) is 0 Å². The zero-order valence-electron chi connectivity index (χ0n) is 25.2. The van der Waals surface area contributed by atoms with Gasteiger partial charge in [0.1, 0.15) is 0 Å². The van der Waals surface area contributed by atoms with Gasteiger partial charge in [-0.05, 0) is 111 Å². The van der Waals surface area contributed by atoms with Gasteiger partial charge in [-0.3, -0.25) is 4.98 Å². The predicted octanol–water partition coefficient (Wildman–Crippen LogP) is 8.80. The van der Waals surface area contributed by atoms with E-state index in [0.29, 0.717) is 0 Å².